The van der Waals surface area contributed by atoms with E-state index in [9.17, 15) is 0 Å². The van der Waals surface area contributed by atoms with Gasteiger partial charge in [0.15, 0.2) is 0 Å². The van der Waals surface area contributed by atoms with Gasteiger partial charge in [-0.2, -0.15) is 0 Å². The fraction of sp³-hybridized carbons (Fsp3) is 0.100. The molecule has 23 heavy (non-hydrogen) atoms. The van der Waals surface area contributed by atoms with Crippen LogP contribution in [0.4, 0.5) is 0 Å². The third kappa shape index (κ3) is 2.45. The predicted octanol–water partition coefficient (Wildman–Crippen LogP) is 5.50. The van der Waals surface area contributed by atoms with E-state index in [0.29, 0.717) is 0 Å². The topological polar surface area (TPSA) is 18.5 Å². The van der Waals surface area contributed by atoms with E-state index in [2.05, 4.69) is 6.07 Å². The minimum absolute atomic E-state index is 0.150. The molecule has 3 heteroatoms. The number of ether oxygens (including phenoxy) is 2. The smallest absolute Gasteiger partial charge is 0.149 e. The lowest BCUT2D eigenvalue weighted by molar-refractivity contribution is 0.243. The Labute approximate surface area is 140 Å². The van der Waals surface area contributed by atoms with Gasteiger partial charge in [0.1, 0.15) is 17.6 Å². The summed E-state index contributed by atoms with van der Waals surface area (Å²) in [7, 11) is 1.67. The maximum absolute atomic E-state index is 6.27. The minimum atomic E-state index is -0.150. The summed E-state index contributed by atoms with van der Waals surface area (Å²) in [5, 5.41) is 0.730. The quantitative estimate of drug-likeness (QED) is 0.620. The highest BCUT2D eigenvalue weighted by atomic mass is 35.5. The molecule has 0 spiro atoms. The summed E-state index contributed by atoms with van der Waals surface area (Å²) < 4.78 is 11.5. The van der Waals surface area contributed by atoms with E-state index >= 15 is 0 Å². The van der Waals surface area contributed by atoms with Crippen LogP contribution in [0.3, 0.4) is 0 Å². The van der Waals surface area contributed by atoms with E-state index in [0.717, 1.165) is 38.8 Å². The van der Waals surface area contributed by atoms with Crippen molar-refractivity contribution < 1.29 is 9.47 Å². The molecular formula is C20H15ClO2. The van der Waals surface area contributed by atoms with Crippen LogP contribution in [0.25, 0.3) is 11.1 Å². The number of rotatable bonds is 2. The molecule has 1 heterocycles. The van der Waals surface area contributed by atoms with Crippen LogP contribution >= 0.6 is 11.6 Å². The van der Waals surface area contributed by atoms with E-state index in [1.165, 1.54) is 0 Å². The second kappa shape index (κ2) is 5.64. The monoisotopic (exact) mass is 322 g/mol. The molecule has 0 saturated heterocycles. The van der Waals surface area contributed by atoms with E-state index in [1.54, 1.807) is 7.11 Å². The molecule has 0 fully saturated rings. The largest absolute Gasteiger partial charge is 0.497 e. The Morgan fingerprint density at radius 1 is 0.913 bits per heavy atom. The molecule has 3 aromatic rings. The van der Waals surface area contributed by atoms with Crippen LogP contribution in [0.15, 0.2) is 66.7 Å². The molecule has 1 aliphatic heterocycles. The fourth-order valence-corrected chi connectivity index (χ4v) is 3.17. The van der Waals surface area contributed by atoms with Crippen LogP contribution in [0.1, 0.15) is 17.2 Å². The zero-order chi connectivity index (χ0) is 15.8. The Bertz CT molecular complexity index is 856. The van der Waals surface area contributed by atoms with E-state index in [-0.39, 0.29) is 6.10 Å². The summed E-state index contributed by atoms with van der Waals surface area (Å²) in [5.74, 6) is 1.71. The van der Waals surface area contributed by atoms with Crippen molar-refractivity contribution in [3.63, 3.8) is 0 Å². The Morgan fingerprint density at radius 2 is 1.70 bits per heavy atom. The molecule has 0 radical (unpaired) electrons. The molecule has 1 atom stereocenters. The van der Waals surface area contributed by atoms with Crippen molar-refractivity contribution in [3.8, 4) is 22.6 Å². The van der Waals surface area contributed by atoms with Crippen molar-refractivity contribution in [1.82, 2.24) is 0 Å². The van der Waals surface area contributed by atoms with Crippen LogP contribution in [-0.2, 0) is 0 Å². The van der Waals surface area contributed by atoms with Crippen LogP contribution < -0.4 is 9.47 Å². The van der Waals surface area contributed by atoms with Crippen LogP contribution in [0.5, 0.6) is 11.5 Å². The van der Waals surface area contributed by atoms with E-state index in [4.69, 9.17) is 21.1 Å². The van der Waals surface area contributed by atoms with E-state index < -0.39 is 0 Å². The fourth-order valence-electron chi connectivity index (χ4n) is 3.00. The van der Waals surface area contributed by atoms with Crippen molar-refractivity contribution in [2.45, 2.75) is 6.10 Å². The summed E-state index contributed by atoms with van der Waals surface area (Å²) in [6, 6.07) is 22.0. The molecule has 3 aromatic carbocycles. The normalized spacial score (nSPS) is 15.3. The minimum Gasteiger partial charge on any atom is -0.497 e. The Morgan fingerprint density at radius 3 is 2.48 bits per heavy atom. The van der Waals surface area contributed by atoms with Gasteiger partial charge in [0.25, 0.3) is 0 Å². The van der Waals surface area contributed by atoms with Gasteiger partial charge in [-0.15, -0.1) is 0 Å². The van der Waals surface area contributed by atoms with Gasteiger partial charge in [-0.1, -0.05) is 48.0 Å². The number of halogens is 1. The maximum Gasteiger partial charge on any atom is 0.149 e. The third-order valence-corrected chi connectivity index (χ3v) is 4.37. The van der Waals surface area contributed by atoms with Crippen molar-refractivity contribution in [1.29, 1.82) is 0 Å². The van der Waals surface area contributed by atoms with Crippen LogP contribution in [0.2, 0.25) is 5.02 Å². The second-order valence-electron chi connectivity index (χ2n) is 5.50. The standard InChI is InChI=1S/C20H15ClO2/c1-22-15-9-6-13(7-10-15)20-17-11-8-14(21)12-18(17)16-4-2-3-5-19(16)23-20/h2-12,20H,1H3/t20-/m1/s1. The lowest BCUT2D eigenvalue weighted by atomic mass is 9.90. The van der Waals surface area contributed by atoms with Gasteiger partial charge in [0.05, 0.1) is 7.11 Å². The lowest BCUT2D eigenvalue weighted by Crippen LogP contribution is -2.15. The highest BCUT2D eigenvalue weighted by molar-refractivity contribution is 6.31. The zero-order valence-corrected chi connectivity index (χ0v) is 13.4. The molecule has 0 amide bonds. The lowest BCUT2D eigenvalue weighted by Gasteiger charge is -2.29. The molecule has 4 rings (SSSR count). The Balaban J connectivity index is 1.87. The van der Waals surface area contributed by atoms with E-state index in [1.807, 2.05) is 60.7 Å². The summed E-state index contributed by atoms with van der Waals surface area (Å²) >= 11 is 6.22. The van der Waals surface area contributed by atoms with Crippen molar-refractivity contribution in [3.05, 3.63) is 82.9 Å². The summed E-state index contributed by atoms with van der Waals surface area (Å²) in [4.78, 5) is 0. The number of benzene rings is 3. The average molecular weight is 323 g/mol. The highest BCUT2D eigenvalue weighted by Gasteiger charge is 2.27. The first-order valence-corrected chi connectivity index (χ1v) is 7.83. The predicted molar refractivity (Wildman–Crippen MR) is 92.4 cm³/mol. The van der Waals surface area contributed by atoms with Gasteiger partial charge in [-0.25, -0.2) is 0 Å². The van der Waals surface area contributed by atoms with Gasteiger partial charge in [0, 0.05) is 16.1 Å². The van der Waals surface area contributed by atoms with Gasteiger partial charge in [-0.05, 0) is 41.5 Å². The second-order valence-corrected chi connectivity index (χ2v) is 5.94. The molecule has 0 unspecified atom stereocenters. The summed E-state index contributed by atoms with van der Waals surface area (Å²) in [6.45, 7) is 0. The zero-order valence-electron chi connectivity index (χ0n) is 12.6. The number of hydrogen-bond acceptors (Lipinski definition) is 2. The number of hydrogen-bond donors (Lipinski definition) is 0. The Hall–Kier alpha value is -2.45. The SMILES string of the molecule is COc1ccc([C@H]2Oc3ccccc3-c3cc(Cl)ccc32)cc1. The van der Waals surface area contributed by atoms with Crippen molar-refractivity contribution in [2.24, 2.45) is 0 Å². The molecule has 0 saturated carbocycles. The van der Waals surface area contributed by atoms with Crippen LogP contribution in [-0.4, -0.2) is 7.11 Å². The van der Waals surface area contributed by atoms with Gasteiger partial charge < -0.3 is 9.47 Å². The molecule has 1 aliphatic rings. The first-order chi connectivity index (χ1) is 11.3. The molecular weight excluding hydrogens is 308 g/mol. The first-order valence-electron chi connectivity index (χ1n) is 7.46. The van der Waals surface area contributed by atoms with Crippen molar-refractivity contribution in [2.75, 3.05) is 7.11 Å². The highest BCUT2D eigenvalue weighted by Crippen LogP contribution is 2.45. The Kier molecular flexibility index (Phi) is 3.47. The average Bonchev–Trinajstić information content (AvgIpc) is 2.61. The molecule has 114 valence electrons. The molecule has 0 N–H and O–H groups in total. The van der Waals surface area contributed by atoms with Gasteiger partial charge in [-0.3, -0.25) is 0 Å². The molecule has 0 bridgehead atoms. The molecule has 0 aliphatic carbocycles. The molecule has 0 aromatic heterocycles. The maximum atomic E-state index is 6.27. The van der Waals surface area contributed by atoms with Crippen molar-refractivity contribution >= 4 is 11.6 Å². The van der Waals surface area contributed by atoms with Gasteiger partial charge >= 0.3 is 0 Å². The molecule has 2 nitrogen and oxygen atoms in total. The summed E-state index contributed by atoms with van der Waals surface area (Å²) in [5.41, 5.74) is 4.41. The number of para-hydroxylation sites is 1. The van der Waals surface area contributed by atoms with Crippen LogP contribution in [0, 0.1) is 0 Å². The third-order valence-electron chi connectivity index (χ3n) is 4.14. The summed E-state index contributed by atoms with van der Waals surface area (Å²) in [6.07, 6.45) is -0.150. The number of fused-ring (bicyclic) bond motifs is 3. The number of methoxy groups -OCH3 is 1. The van der Waals surface area contributed by atoms with Gasteiger partial charge in [0.2, 0.25) is 0 Å². The first kappa shape index (κ1) is 14.2.